The summed E-state index contributed by atoms with van der Waals surface area (Å²) in [7, 11) is -3.14. The summed E-state index contributed by atoms with van der Waals surface area (Å²) in [5.74, 6) is -1.42. The summed E-state index contributed by atoms with van der Waals surface area (Å²) < 4.78 is 73.2. The maximum atomic E-state index is 13.3. The van der Waals surface area contributed by atoms with Crippen LogP contribution in [0.3, 0.4) is 0 Å². The molecule has 1 saturated heterocycles. The molecule has 0 amide bonds. The number of anilines is 2. The summed E-state index contributed by atoms with van der Waals surface area (Å²) in [5.41, 5.74) is -1.07. The van der Waals surface area contributed by atoms with Gasteiger partial charge in [-0.2, -0.15) is 13.2 Å². The zero-order chi connectivity index (χ0) is 22.8. The van der Waals surface area contributed by atoms with Gasteiger partial charge in [-0.15, -0.1) is 0 Å². The van der Waals surface area contributed by atoms with Crippen molar-refractivity contribution in [3.63, 3.8) is 0 Å². The molecular formula is C20H21F3N2O5S. The third-order valence-electron chi connectivity index (χ3n) is 4.97. The summed E-state index contributed by atoms with van der Waals surface area (Å²) in [6.45, 7) is 0.988. The van der Waals surface area contributed by atoms with Crippen LogP contribution in [0, 0.1) is 0 Å². The molecule has 3 rings (SSSR count). The lowest BCUT2D eigenvalue weighted by atomic mass is 10.1. The Labute approximate surface area is 177 Å². The number of piperidine rings is 1. The fourth-order valence-corrected chi connectivity index (χ4v) is 4.68. The molecule has 1 fully saturated rings. The smallest absolute Gasteiger partial charge is 0.416 e. The van der Waals surface area contributed by atoms with Crippen molar-refractivity contribution in [1.29, 1.82) is 0 Å². The minimum absolute atomic E-state index is 0.0299. The molecule has 2 aromatic carbocycles. The average Bonchev–Trinajstić information content (AvgIpc) is 2.73. The Balaban J connectivity index is 2.07. The van der Waals surface area contributed by atoms with Crippen LogP contribution in [0.4, 0.5) is 24.5 Å². The van der Waals surface area contributed by atoms with Gasteiger partial charge >= 0.3 is 12.1 Å². The fraction of sp³-hybridized carbons (Fsp3) is 0.350. The first-order chi connectivity index (χ1) is 14.5. The van der Waals surface area contributed by atoms with Crippen LogP contribution in [-0.4, -0.2) is 39.7 Å². The van der Waals surface area contributed by atoms with E-state index in [1.165, 1.54) is 19.2 Å². The molecular weight excluding hydrogens is 437 g/mol. The summed E-state index contributed by atoms with van der Waals surface area (Å²) in [5, 5.41) is 9.18. The molecule has 7 nitrogen and oxygen atoms in total. The summed E-state index contributed by atoms with van der Waals surface area (Å²) in [6.07, 6.45) is -2.09. The molecule has 0 spiro atoms. The number of nitrogens with one attached hydrogen (secondary N) is 1. The third kappa shape index (κ3) is 5.04. The molecule has 1 heterocycles. The summed E-state index contributed by atoms with van der Waals surface area (Å²) >= 11 is 0. The topological polar surface area (TPSA) is 95.9 Å². The Bertz CT molecular complexity index is 1080. The molecule has 1 aliphatic rings. The second-order valence-electron chi connectivity index (χ2n) is 7.05. The Kier molecular flexibility index (Phi) is 6.35. The number of methoxy groups -OCH3 is 1. The number of rotatable bonds is 6. The molecule has 0 aromatic heterocycles. The summed E-state index contributed by atoms with van der Waals surface area (Å²) in [6, 6.07) is 6.13. The number of hydrogen-bond acceptors (Lipinski definition) is 5. The minimum Gasteiger partial charge on any atom is -0.495 e. The number of sulfonamides is 1. The van der Waals surface area contributed by atoms with Crippen molar-refractivity contribution in [1.82, 2.24) is 0 Å². The van der Waals surface area contributed by atoms with Gasteiger partial charge in [0.25, 0.3) is 10.0 Å². The molecule has 11 heteroatoms. The quantitative estimate of drug-likeness (QED) is 0.674. The molecule has 0 unspecified atom stereocenters. The highest BCUT2D eigenvalue weighted by molar-refractivity contribution is 7.92. The van der Waals surface area contributed by atoms with E-state index >= 15 is 0 Å². The first-order valence-electron chi connectivity index (χ1n) is 9.43. The standard InChI is InChI=1S/C20H21F3N2O5S/c1-30-17-8-5-13(19(26)27)11-18(17)31(28,29)24-15-7-6-14(20(21,22)23)12-16(15)25-9-3-2-4-10-25/h5-8,11-12,24H,2-4,9-10H2,1H3,(H,26,27). The number of halogens is 3. The normalized spacial score (nSPS) is 14.9. The van der Waals surface area contributed by atoms with Gasteiger partial charge < -0.3 is 14.7 Å². The maximum absolute atomic E-state index is 13.3. The van der Waals surface area contributed by atoms with Gasteiger partial charge in [-0.1, -0.05) is 0 Å². The van der Waals surface area contributed by atoms with Gasteiger partial charge in [-0.3, -0.25) is 4.72 Å². The number of benzene rings is 2. The Hall–Kier alpha value is -2.95. The van der Waals surface area contributed by atoms with E-state index in [2.05, 4.69) is 4.72 Å². The molecule has 0 saturated carbocycles. The number of hydrogen-bond donors (Lipinski definition) is 2. The highest BCUT2D eigenvalue weighted by Crippen LogP contribution is 2.38. The van der Waals surface area contributed by atoms with Crippen LogP contribution in [0.15, 0.2) is 41.3 Å². The van der Waals surface area contributed by atoms with Crippen molar-refractivity contribution in [3.05, 3.63) is 47.5 Å². The second-order valence-corrected chi connectivity index (χ2v) is 8.70. The molecule has 0 atom stereocenters. The molecule has 0 aliphatic carbocycles. The van der Waals surface area contributed by atoms with E-state index in [1.54, 1.807) is 4.90 Å². The molecule has 0 radical (unpaired) electrons. The third-order valence-corrected chi connectivity index (χ3v) is 6.35. The van der Waals surface area contributed by atoms with Crippen LogP contribution in [0.1, 0.15) is 35.2 Å². The highest BCUT2D eigenvalue weighted by atomic mass is 32.2. The monoisotopic (exact) mass is 458 g/mol. The molecule has 2 N–H and O–H groups in total. The Morgan fingerprint density at radius 1 is 1.10 bits per heavy atom. The number of nitrogens with zero attached hydrogens (tertiary/aromatic N) is 1. The number of carboxylic acid groups (broad SMARTS) is 1. The predicted octanol–water partition coefficient (Wildman–Crippen LogP) is 4.20. The lowest BCUT2D eigenvalue weighted by Gasteiger charge is -2.31. The molecule has 0 bridgehead atoms. The average molecular weight is 458 g/mol. The Morgan fingerprint density at radius 2 is 1.77 bits per heavy atom. The van der Waals surface area contributed by atoms with E-state index in [1.807, 2.05) is 0 Å². The summed E-state index contributed by atoms with van der Waals surface area (Å²) in [4.78, 5) is 12.5. The van der Waals surface area contributed by atoms with Crippen molar-refractivity contribution in [2.45, 2.75) is 30.3 Å². The van der Waals surface area contributed by atoms with Crippen LogP contribution in [0.2, 0.25) is 0 Å². The van der Waals surface area contributed by atoms with Gasteiger partial charge in [0.2, 0.25) is 0 Å². The first-order valence-corrected chi connectivity index (χ1v) is 10.9. The van der Waals surface area contributed by atoms with Crippen molar-refractivity contribution >= 4 is 27.4 Å². The van der Waals surface area contributed by atoms with E-state index in [0.717, 1.165) is 43.5 Å². The predicted molar refractivity (Wildman–Crippen MR) is 108 cm³/mol. The lowest BCUT2D eigenvalue weighted by molar-refractivity contribution is -0.137. The second kappa shape index (κ2) is 8.66. The number of carbonyl (C=O) groups is 1. The lowest BCUT2D eigenvalue weighted by Crippen LogP contribution is -2.31. The first kappa shape index (κ1) is 22.7. The van der Waals surface area contributed by atoms with Crippen molar-refractivity contribution in [2.75, 3.05) is 29.8 Å². The maximum Gasteiger partial charge on any atom is 0.416 e. The van der Waals surface area contributed by atoms with Gasteiger partial charge in [0, 0.05) is 13.1 Å². The van der Waals surface area contributed by atoms with E-state index in [9.17, 15) is 31.5 Å². The molecule has 1 aliphatic heterocycles. The van der Waals surface area contributed by atoms with Gasteiger partial charge in [0.15, 0.2) is 0 Å². The van der Waals surface area contributed by atoms with Gasteiger partial charge in [0.1, 0.15) is 10.6 Å². The Morgan fingerprint density at radius 3 is 2.35 bits per heavy atom. The van der Waals surface area contributed by atoms with Crippen LogP contribution >= 0.6 is 0 Å². The van der Waals surface area contributed by atoms with E-state index in [0.29, 0.717) is 13.1 Å². The number of alkyl halides is 3. The van der Waals surface area contributed by atoms with Crippen molar-refractivity contribution in [2.24, 2.45) is 0 Å². The van der Waals surface area contributed by atoms with Gasteiger partial charge in [-0.25, -0.2) is 13.2 Å². The number of ether oxygens (including phenoxy) is 1. The zero-order valence-corrected chi connectivity index (χ0v) is 17.4. The van der Waals surface area contributed by atoms with Crippen molar-refractivity contribution < 1.29 is 36.2 Å². The van der Waals surface area contributed by atoms with E-state index < -0.39 is 32.6 Å². The van der Waals surface area contributed by atoms with Crippen LogP contribution in [-0.2, 0) is 16.2 Å². The SMILES string of the molecule is COc1ccc(C(=O)O)cc1S(=O)(=O)Nc1ccc(C(F)(F)F)cc1N1CCCCC1. The van der Waals surface area contributed by atoms with Crippen LogP contribution < -0.4 is 14.4 Å². The number of aromatic carboxylic acids is 1. The van der Waals surface area contributed by atoms with Gasteiger partial charge in [0.05, 0.1) is 29.6 Å². The van der Waals surface area contributed by atoms with Crippen molar-refractivity contribution in [3.8, 4) is 5.75 Å². The minimum atomic E-state index is -4.58. The molecule has 31 heavy (non-hydrogen) atoms. The largest absolute Gasteiger partial charge is 0.495 e. The van der Waals surface area contributed by atoms with Gasteiger partial charge in [-0.05, 0) is 55.7 Å². The zero-order valence-electron chi connectivity index (χ0n) is 16.6. The fourth-order valence-electron chi connectivity index (χ4n) is 3.41. The molecule has 168 valence electrons. The molecule has 2 aromatic rings. The number of carboxylic acids is 1. The van der Waals surface area contributed by atoms with E-state index in [-0.39, 0.29) is 22.7 Å². The van der Waals surface area contributed by atoms with Crippen LogP contribution in [0.5, 0.6) is 5.75 Å². The highest BCUT2D eigenvalue weighted by Gasteiger charge is 2.32. The van der Waals surface area contributed by atoms with Crippen LogP contribution in [0.25, 0.3) is 0 Å². The van der Waals surface area contributed by atoms with E-state index in [4.69, 9.17) is 4.74 Å².